The van der Waals surface area contributed by atoms with E-state index < -0.39 is 91.1 Å². The minimum absolute atomic E-state index is 0.00331. The molecule has 0 bridgehead atoms. The standard InChI is InChI=1S/C35H41ClN2O7S.C24H29ClN2O5S.C14H18O4.C12H16O3.C11H14O4.C7H14O3.HNOS/c1-21-20-27-29(24-14-16-26(36)17-15-24)28(32(34(40)43-7)45-35(4,5)6)23(3)31(30(27)37-21)38(46(8,41)42)22(2)18-19-44-33(39)25-12-10-9-11-13-25;1-13-12-17-19(15-8-10-16(25)11-9-15)18(22(23(28)31-6)32-24(3,4)5)14(2)20(21(17)26-13)27-33(7,29)30;1-14(2)17-10-12(18-14)8-9-16-13(15)11-6-4-3-5-7-11;1-2-11(13)8-9-15-12(14)10-6-4-3-5-7-10;12-8-10(13)6-7-15-11(14)9-4-2-1-3-5-9;1-7(2)9-5-6(10-7)3-4-8;1-3-2/h9-17,20,22,32,37H,18-19H2,1-8H3;8-12,22,26-27H,1-7H3;3-7,12H,8-10H2,1-2H3;3-7,11,13H,2,8-9H2,1H3;1-5,10,12-13H,6-8H2;6,8H,3-5H2,1-2H3;1H/t22-,32+;22-;12-;11-;10-;6-;/m101011./s1/i2T;;;;;;. The number of aryl methyl sites for hydroxylation is 2. The number of ether oxygens (including phenoxy) is 12. The first-order valence-electron chi connectivity index (χ1n) is 45.8. The van der Waals surface area contributed by atoms with Gasteiger partial charge in [-0.2, -0.15) is 4.21 Å². The highest BCUT2D eigenvalue weighted by Gasteiger charge is 2.40. The summed E-state index contributed by atoms with van der Waals surface area (Å²) in [5.41, 5.74) is 8.65. The van der Waals surface area contributed by atoms with Crippen LogP contribution in [0.25, 0.3) is 44.1 Å². The van der Waals surface area contributed by atoms with Crippen molar-refractivity contribution in [2.24, 2.45) is 0 Å². The van der Waals surface area contributed by atoms with E-state index in [-0.39, 0.29) is 100 Å². The number of rotatable bonds is 33. The fourth-order valence-corrected chi connectivity index (χ4v) is 16.6. The van der Waals surface area contributed by atoms with Crippen LogP contribution in [-0.2, 0) is 97.9 Å². The largest absolute Gasteiger partial charge is 0.467 e. The third-order valence-corrected chi connectivity index (χ3v) is 23.1. The molecule has 37 heteroatoms. The van der Waals surface area contributed by atoms with Gasteiger partial charge in [-0.15, -0.1) is 0 Å². The summed E-state index contributed by atoms with van der Waals surface area (Å²) in [6, 6.07) is 52.2. The number of fused-ring (bicyclic) bond motifs is 2. The fraction of sp³-hybridized carbons (Fsp3) is 0.437. The number of H-pyrrole nitrogens is 2. The van der Waals surface area contributed by atoms with Crippen LogP contribution in [0.3, 0.4) is 0 Å². The van der Waals surface area contributed by atoms with Crippen LogP contribution in [0.4, 0.5) is 11.4 Å². The van der Waals surface area contributed by atoms with Crippen molar-refractivity contribution in [1.29, 1.82) is 4.78 Å². The molecular weight excluding hydrogens is 1910 g/mol. The molecule has 2 aliphatic rings. The molecule has 2 fully saturated rings. The molecule has 8 aromatic carbocycles. The van der Waals surface area contributed by atoms with Crippen LogP contribution >= 0.6 is 23.2 Å². The van der Waals surface area contributed by atoms with Crippen LogP contribution in [0.2, 0.25) is 10.0 Å². The molecule has 2 saturated heterocycles. The van der Waals surface area contributed by atoms with Gasteiger partial charge in [0.2, 0.25) is 20.0 Å². The molecule has 10 aromatic rings. The SMILES string of the molecule is CC1(C)OC[C@@H](CCO)O1.CC1(C)OC[C@@H](CCOC(=O)c2ccccc2)O1.CC[C@H](O)CCOC(=O)c1ccccc1.COC(=O)[C@@H](OC(C)(C)C)c1c(C)c(NS(C)(=O)=O)c2[nH]c(C)cc2c1-c1ccc(Cl)cc1.N=S=O.O=C(OCC[C@@H](O)CO)c1ccccc1.[3H]C[C@H](CCOC(=O)c1ccccc1)N(c1c(C)c([C@H](OC(C)(C)C)C(=O)OC)c(-c2ccc(Cl)cc2)c2cc(C)[nH]c12)S(C)(=O)=O. The number of hydrogen-bond donors (Lipinski definition) is 8. The summed E-state index contributed by atoms with van der Waals surface area (Å²) in [7, 11) is -5.09. The van der Waals surface area contributed by atoms with Gasteiger partial charge in [0.1, 0.15) is 0 Å². The number of methoxy groups -OCH3 is 2. The predicted octanol–water partition coefficient (Wildman–Crippen LogP) is 18.5. The summed E-state index contributed by atoms with van der Waals surface area (Å²) in [5, 5.41) is 37.8. The van der Waals surface area contributed by atoms with E-state index >= 15 is 0 Å². The maximum atomic E-state index is 13.7. The van der Waals surface area contributed by atoms with E-state index in [0.717, 1.165) is 46.0 Å². The van der Waals surface area contributed by atoms with Crippen molar-refractivity contribution in [2.45, 2.75) is 215 Å². The first kappa shape index (κ1) is 116. The van der Waals surface area contributed by atoms with Crippen LogP contribution < -0.4 is 9.03 Å². The maximum Gasteiger partial charge on any atom is 0.339 e. The zero-order valence-corrected chi connectivity index (χ0v) is 86.5. The van der Waals surface area contributed by atoms with Gasteiger partial charge in [-0.05, 0) is 235 Å². The number of carbonyl (C=O) groups is 6. The highest BCUT2D eigenvalue weighted by Crippen LogP contribution is 2.49. The Hall–Kier alpha value is -10.8. The molecule has 12 rings (SSSR count). The predicted molar refractivity (Wildman–Crippen MR) is 540 cm³/mol. The first-order valence-corrected chi connectivity index (χ1v) is 50.3. The van der Waals surface area contributed by atoms with E-state index in [9.17, 15) is 50.7 Å². The van der Waals surface area contributed by atoms with Gasteiger partial charge in [-0.3, -0.25) is 9.03 Å². The Balaban J connectivity index is 0.000000279. The lowest BCUT2D eigenvalue weighted by Gasteiger charge is -2.34. The molecule has 140 heavy (non-hydrogen) atoms. The summed E-state index contributed by atoms with van der Waals surface area (Å²) < 4.78 is 143. The van der Waals surface area contributed by atoms with Crippen molar-refractivity contribution in [2.75, 3.05) is 88.6 Å². The van der Waals surface area contributed by atoms with Gasteiger partial charge < -0.3 is 87.2 Å². The lowest BCUT2D eigenvalue weighted by Crippen LogP contribution is -2.40. The molecule has 2 aliphatic heterocycles. The van der Waals surface area contributed by atoms with Crippen LogP contribution in [0, 0.1) is 32.5 Å². The van der Waals surface area contributed by atoms with Gasteiger partial charge >= 0.3 is 35.8 Å². The van der Waals surface area contributed by atoms with Gasteiger partial charge in [0.25, 0.3) is 0 Å². The van der Waals surface area contributed by atoms with Crippen molar-refractivity contribution in [3.8, 4) is 22.3 Å². The first-order chi connectivity index (χ1) is 66.4. The highest BCUT2D eigenvalue weighted by molar-refractivity contribution is 7.92. The van der Waals surface area contributed by atoms with Crippen molar-refractivity contribution >= 4 is 124 Å². The maximum absolute atomic E-state index is 13.7. The van der Waals surface area contributed by atoms with Crippen molar-refractivity contribution in [3.63, 3.8) is 0 Å². The number of aliphatic hydroxyl groups is 4. The van der Waals surface area contributed by atoms with Gasteiger partial charge in [-0.1, -0.05) is 127 Å². The number of esters is 6. The molecule has 0 radical (unpaired) electrons. The molecule has 0 amide bonds. The van der Waals surface area contributed by atoms with Crippen LogP contribution in [0.5, 0.6) is 0 Å². The van der Waals surface area contributed by atoms with E-state index in [0.29, 0.717) is 128 Å². The topological polar surface area (TPSA) is 450 Å². The molecule has 32 nitrogen and oxygen atoms in total. The average molecular weight is 2040 g/mol. The lowest BCUT2D eigenvalue weighted by atomic mass is 9.87. The number of aromatic nitrogens is 2. The number of aromatic amines is 2. The van der Waals surface area contributed by atoms with Crippen molar-refractivity contribution in [3.05, 3.63) is 248 Å². The molecule has 0 spiro atoms. The summed E-state index contributed by atoms with van der Waals surface area (Å²) in [6.07, 6.45) is 1.49. The molecule has 0 saturated carbocycles. The number of hydrogen-bond acceptors (Lipinski definition) is 28. The van der Waals surface area contributed by atoms with E-state index in [1.54, 1.807) is 129 Å². The summed E-state index contributed by atoms with van der Waals surface area (Å²) in [6.45, 7) is 28.9. The molecule has 4 heterocycles. The quantitative estimate of drug-likeness (QED) is 0.0140. The summed E-state index contributed by atoms with van der Waals surface area (Å²) in [5.74, 6) is -3.80. The Kier molecular flexibility index (Phi) is 46.1. The Bertz CT molecular complexity index is 5900. The van der Waals surface area contributed by atoms with Gasteiger partial charge in [0.05, 0.1) is 153 Å². The van der Waals surface area contributed by atoms with E-state index in [1.807, 2.05) is 157 Å². The minimum Gasteiger partial charge on any atom is -0.467 e. The molecule has 0 unspecified atom stereocenters. The smallest absolute Gasteiger partial charge is 0.339 e. The number of sulfonamides is 2. The molecule has 0 aliphatic carbocycles. The number of aliphatic hydroxyl groups excluding tert-OH is 4. The second-order valence-electron chi connectivity index (χ2n) is 35.5. The lowest BCUT2D eigenvalue weighted by molar-refractivity contribution is -0.164. The van der Waals surface area contributed by atoms with Gasteiger partial charge in [0.15, 0.2) is 35.2 Å². The second kappa shape index (κ2) is 55.5. The number of nitrogens with zero attached hydrogens (tertiary/aromatic N) is 1. The normalized spacial score (nSPS) is 15.3. The molecule has 7 atom stereocenters. The number of benzene rings is 8. The zero-order chi connectivity index (χ0) is 105. The highest BCUT2D eigenvalue weighted by atomic mass is 35.5. The fourth-order valence-electron chi connectivity index (χ4n) is 14.5. The third kappa shape index (κ3) is 37.9. The summed E-state index contributed by atoms with van der Waals surface area (Å²) in [4.78, 5) is 80.2. The average Bonchev–Trinajstić information content (AvgIpc) is 1.68. The third-order valence-electron chi connectivity index (χ3n) is 20.8. The zero-order valence-electron chi connectivity index (χ0n) is 83.6. The number of carbonyl (C=O) groups excluding carboxylic acids is 6. The van der Waals surface area contributed by atoms with Crippen molar-refractivity contribution < 1.29 is 128 Å². The Morgan fingerprint density at radius 1 is 0.550 bits per heavy atom. The molecule has 2 aromatic heterocycles. The van der Waals surface area contributed by atoms with Crippen LogP contribution in [0.15, 0.2) is 182 Å². The number of nitrogens with one attached hydrogen (secondary N) is 4. The Morgan fingerprint density at radius 3 is 1.23 bits per heavy atom. The number of anilines is 2. The van der Waals surface area contributed by atoms with E-state index in [1.165, 1.54) is 18.5 Å². The molecular formula is C103H133Cl2N5O27S3. The van der Waals surface area contributed by atoms with E-state index in [2.05, 4.69) is 14.7 Å². The van der Waals surface area contributed by atoms with E-state index in [4.69, 9.17) is 106 Å². The van der Waals surface area contributed by atoms with Crippen molar-refractivity contribution in [1.82, 2.24) is 9.97 Å². The number of halogens is 2. The minimum atomic E-state index is -4.04. The summed E-state index contributed by atoms with van der Waals surface area (Å²) >= 11 is 12.1. The van der Waals surface area contributed by atoms with Crippen LogP contribution in [0.1, 0.15) is 210 Å². The van der Waals surface area contributed by atoms with Crippen LogP contribution in [-0.4, -0.2) is 220 Å². The molecule has 8 N–H and O–H groups in total. The Morgan fingerprint density at radius 2 is 0.900 bits per heavy atom. The van der Waals surface area contributed by atoms with Gasteiger partial charge in [-0.25, -0.2) is 50.4 Å². The van der Waals surface area contributed by atoms with Gasteiger partial charge in [0, 0.05) is 83.0 Å². The monoisotopic (exact) mass is 2040 g/mol. The molecule has 764 valence electrons. The Labute approximate surface area is 835 Å². The second-order valence-corrected chi connectivity index (χ2v) is 40.1.